The van der Waals surface area contributed by atoms with Crippen molar-refractivity contribution in [2.45, 2.75) is 26.3 Å². The van der Waals surface area contributed by atoms with Gasteiger partial charge in [0.1, 0.15) is 0 Å². The van der Waals surface area contributed by atoms with Crippen molar-refractivity contribution in [1.29, 1.82) is 0 Å². The number of hydrogen-bond acceptors (Lipinski definition) is 2. The number of methoxy groups -OCH3 is 1. The Morgan fingerprint density at radius 3 is 2.78 bits per heavy atom. The molecule has 2 unspecified atom stereocenters. The second-order valence-electron chi connectivity index (χ2n) is 4.46. The highest BCUT2D eigenvalue weighted by molar-refractivity contribution is 9.10. The summed E-state index contributed by atoms with van der Waals surface area (Å²) in [5.74, 6) is 0.486. The summed E-state index contributed by atoms with van der Waals surface area (Å²) in [6.45, 7) is 6.07. The molecule has 102 valence electrons. The quantitative estimate of drug-likeness (QED) is 0.796. The molecule has 0 aliphatic rings. The van der Waals surface area contributed by atoms with E-state index in [2.05, 4.69) is 35.1 Å². The van der Waals surface area contributed by atoms with E-state index in [1.807, 2.05) is 18.2 Å². The monoisotopic (exact) mass is 333 g/mol. The summed E-state index contributed by atoms with van der Waals surface area (Å²) in [5, 5.41) is 4.30. The van der Waals surface area contributed by atoms with Gasteiger partial charge in [-0.3, -0.25) is 0 Å². The number of ether oxygens (including phenoxy) is 1. The Kier molecular flexibility index (Phi) is 7.23. The number of benzene rings is 1. The summed E-state index contributed by atoms with van der Waals surface area (Å²) in [5.41, 5.74) is 1.22. The molecule has 2 atom stereocenters. The van der Waals surface area contributed by atoms with Crippen LogP contribution >= 0.6 is 27.5 Å². The zero-order valence-corrected chi connectivity index (χ0v) is 13.5. The molecule has 1 rings (SSSR count). The maximum Gasteiger partial charge on any atom is 0.0465 e. The Morgan fingerprint density at radius 2 is 2.17 bits per heavy atom. The first-order valence-electron chi connectivity index (χ1n) is 6.27. The van der Waals surface area contributed by atoms with E-state index in [-0.39, 0.29) is 0 Å². The van der Waals surface area contributed by atoms with E-state index >= 15 is 0 Å². The largest absolute Gasteiger partial charge is 0.385 e. The van der Waals surface area contributed by atoms with Gasteiger partial charge in [-0.05, 0) is 42.6 Å². The van der Waals surface area contributed by atoms with E-state index in [1.54, 1.807) is 7.11 Å². The molecule has 0 aromatic heterocycles. The Bertz CT molecular complexity index is 373. The van der Waals surface area contributed by atoms with E-state index in [0.717, 1.165) is 29.1 Å². The van der Waals surface area contributed by atoms with Gasteiger partial charge in [-0.25, -0.2) is 0 Å². The first-order valence-corrected chi connectivity index (χ1v) is 7.44. The van der Waals surface area contributed by atoms with Crippen molar-refractivity contribution in [3.8, 4) is 0 Å². The molecule has 0 saturated carbocycles. The molecule has 18 heavy (non-hydrogen) atoms. The van der Waals surface area contributed by atoms with Gasteiger partial charge in [0.15, 0.2) is 0 Å². The van der Waals surface area contributed by atoms with Crippen molar-refractivity contribution in [3.05, 3.63) is 33.3 Å². The number of hydrogen-bond donors (Lipinski definition) is 1. The van der Waals surface area contributed by atoms with Crippen LogP contribution in [0, 0.1) is 5.92 Å². The summed E-state index contributed by atoms with van der Waals surface area (Å²) >= 11 is 9.70. The highest BCUT2D eigenvalue weighted by atomic mass is 79.9. The average molecular weight is 335 g/mol. The predicted octanol–water partition coefficient (Wildman–Crippen LogP) is 4.43. The van der Waals surface area contributed by atoms with Gasteiger partial charge in [-0.1, -0.05) is 41.4 Å². The van der Waals surface area contributed by atoms with Crippen LogP contribution < -0.4 is 5.32 Å². The van der Waals surface area contributed by atoms with Crippen LogP contribution in [0.2, 0.25) is 5.02 Å². The molecule has 0 aliphatic heterocycles. The molecule has 0 spiro atoms. The van der Waals surface area contributed by atoms with Crippen molar-refractivity contribution in [2.75, 3.05) is 20.3 Å². The second kappa shape index (κ2) is 8.16. The Hall–Kier alpha value is -0.0900. The van der Waals surface area contributed by atoms with Crippen LogP contribution in [0.5, 0.6) is 0 Å². The van der Waals surface area contributed by atoms with Crippen molar-refractivity contribution >= 4 is 27.5 Å². The van der Waals surface area contributed by atoms with Crippen LogP contribution in [-0.4, -0.2) is 20.3 Å². The van der Waals surface area contributed by atoms with Crippen molar-refractivity contribution in [3.63, 3.8) is 0 Å². The molecule has 0 heterocycles. The van der Waals surface area contributed by atoms with E-state index < -0.39 is 0 Å². The van der Waals surface area contributed by atoms with Gasteiger partial charge in [0, 0.05) is 29.3 Å². The lowest BCUT2D eigenvalue weighted by Crippen LogP contribution is -2.27. The third-order valence-corrected chi connectivity index (χ3v) is 4.02. The molecule has 1 N–H and O–H groups in total. The molecule has 0 radical (unpaired) electrons. The molecular weight excluding hydrogens is 314 g/mol. The number of rotatable bonds is 7. The number of nitrogens with one attached hydrogen (secondary N) is 1. The first kappa shape index (κ1) is 16.0. The average Bonchev–Trinajstić information content (AvgIpc) is 2.36. The van der Waals surface area contributed by atoms with Crippen molar-refractivity contribution in [2.24, 2.45) is 5.92 Å². The lowest BCUT2D eigenvalue weighted by Gasteiger charge is -2.26. The van der Waals surface area contributed by atoms with Gasteiger partial charge in [-0.2, -0.15) is 0 Å². The van der Waals surface area contributed by atoms with Crippen LogP contribution in [0.1, 0.15) is 31.9 Å². The number of halogens is 2. The van der Waals surface area contributed by atoms with Gasteiger partial charge < -0.3 is 10.1 Å². The fourth-order valence-electron chi connectivity index (χ4n) is 2.06. The molecule has 2 nitrogen and oxygen atoms in total. The van der Waals surface area contributed by atoms with Gasteiger partial charge in [0.2, 0.25) is 0 Å². The smallest absolute Gasteiger partial charge is 0.0465 e. The van der Waals surface area contributed by atoms with Crippen LogP contribution in [0.4, 0.5) is 0 Å². The Labute approximate surface area is 123 Å². The highest BCUT2D eigenvalue weighted by Gasteiger charge is 2.20. The fourth-order valence-corrected chi connectivity index (χ4v) is 2.73. The molecule has 0 saturated heterocycles. The minimum Gasteiger partial charge on any atom is -0.385 e. The zero-order chi connectivity index (χ0) is 13.5. The summed E-state index contributed by atoms with van der Waals surface area (Å²) in [7, 11) is 1.74. The third kappa shape index (κ3) is 4.54. The van der Waals surface area contributed by atoms with Crippen LogP contribution in [0.15, 0.2) is 22.7 Å². The van der Waals surface area contributed by atoms with E-state index in [1.165, 1.54) is 5.56 Å². The topological polar surface area (TPSA) is 21.3 Å². The predicted molar refractivity (Wildman–Crippen MR) is 81.2 cm³/mol. The maximum atomic E-state index is 6.10. The first-order chi connectivity index (χ1) is 8.60. The zero-order valence-electron chi connectivity index (χ0n) is 11.2. The molecule has 1 aromatic carbocycles. The van der Waals surface area contributed by atoms with Gasteiger partial charge >= 0.3 is 0 Å². The maximum absolute atomic E-state index is 6.10. The molecule has 0 fully saturated rings. The summed E-state index contributed by atoms with van der Waals surface area (Å²) in [4.78, 5) is 0. The lowest BCUT2D eigenvalue weighted by molar-refractivity contribution is 0.170. The normalized spacial score (nSPS) is 14.5. The molecular formula is C14H21BrClNO. The third-order valence-electron chi connectivity index (χ3n) is 3.06. The molecule has 0 aliphatic carbocycles. The highest BCUT2D eigenvalue weighted by Crippen LogP contribution is 2.32. The molecule has 4 heteroatoms. The van der Waals surface area contributed by atoms with Crippen LogP contribution in [0.3, 0.4) is 0 Å². The minimum absolute atomic E-state index is 0.290. The lowest BCUT2D eigenvalue weighted by atomic mass is 9.92. The van der Waals surface area contributed by atoms with E-state index in [0.29, 0.717) is 12.0 Å². The van der Waals surface area contributed by atoms with Crippen molar-refractivity contribution < 1.29 is 4.74 Å². The van der Waals surface area contributed by atoms with E-state index in [9.17, 15) is 0 Å². The Morgan fingerprint density at radius 1 is 1.44 bits per heavy atom. The molecule has 1 aromatic rings. The van der Waals surface area contributed by atoms with E-state index in [4.69, 9.17) is 16.3 Å². The Balaban J connectivity index is 2.92. The van der Waals surface area contributed by atoms with Crippen molar-refractivity contribution in [1.82, 2.24) is 5.32 Å². The standard InChI is InChI=1S/C14H21BrClNO/c1-4-17-14(10(2)7-8-18-3)12-9-11(16)5-6-13(12)15/h5-6,9-10,14,17H,4,7-8H2,1-3H3. The summed E-state index contributed by atoms with van der Waals surface area (Å²) in [6, 6.07) is 6.23. The van der Waals surface area contributed by atoms with Crippen LogP contribution in [0.25, 0.3) is 0 Å². The minimum atomic E-state index is 0.290. The van der Waals surface area contributed by atoms with Gasteiger partial charge in [0.05, 0.1) is 0 Å². The molecule has 0 amide bonds. The van der Waals surface area contributed by atoms with Gasteiger partial charge in [0.25, 0.3) is 0 Å². The SMILES string of the molecule is CCNC(c1cc(Cl)ccc1Br)C(C)CCOC. The summed E-state index contributed by atoms with van der Waals surface area (Å²) < 4.78 is 6.26. The second-order valence-corrected chi connectivity index (χ2v) is 5.75. The van der Waals surface area contributed by atoms with Crippen LogP contribution in [-0.2, 0) is 4.74 Å². The summed E-state index contributed by atoms with van der Waals surface area (Å²) in [6.07, 6.45) is 1.02. The molecule has 0 bridgehead atoms. The van der Waals surface area contributed by atoms with Gasteiger partial charge in [-0.15, -0.1) is 0 Å². The fraction of sp³-hybridized carbons (Fsp3) is 0.571.